The van der Waals surface area contributed by atoms with E-state index in [1.54, 1.807) is 13.0 Å². The highest BCUT2D eigenvalue weighted by molar-refractivity contribution is 9.10. The average molecular weight is 291 g/mol. The standard InChI is InChI=1S/C13H10BrNO2/c1-8-11(13(16)17)6-7-12(15-8)9-2-4-10(14)5-3-9/h2-7H,1H3,(H,16,17)/p-1. The molecule has 0 bridgehead atoms. The Morgan fingerprint density at radius 2 is 1.82 bits per heavy atom. The maximum Gasteiger partial charge on any atom is 0.0733 e. The van der Waals surface area contributed by atoms with E-state index in [1.807, 2.05) is 24.3 Å². The molecule has 4 heteroatoms. The summed E-state index contributed by atoms with van der Waals surface area (Å²) in [7, 11) is 0. The third-order valence-electron chi connectivity index (χ3n) is 2.45. The van der Waals surface area contributed by atoms with Crippen molar-refractivity contribution in [2.45, 2.75) is 6.92 Å². The Bertz CT molecular complexity index is 564. The fourth-order valence-electron chi connectivity index (χ4n) is 1.56. The van der Waals surface area contributed by atoms with E-state index in [4.69, 9.17) is 0 Å². The van der Waals surface area contributed by atoms with Gasteiger partial charge in [-0.3, -0.25) is 4.98 Å². The number of aromatic carboxylic acids is 1. The molecular formula is C13H9BrNO2-. The largest absolute Gasteiger partial charge is 0.545 e. The minimum Gasteiger partial charge on any atom is -0.545 e. The SMILES string of the molecule is Cc1nc(-c2ccc(Br)cc2)ccc1C(=O)[O-]. The zero-order chi connectivity index (χ0) is 12.4. The molecular weight excluding hydrogens is 282 g/mol. The zero-order valence-corrected chi connectivity index (χ0v) is 10.7. The molecule has 0 atom stereocenters. The number of benzene rings is 1. The molecule has 2 aromatic rings. The van der Waals surface area contributed by atoms with Crippen LogP contribution in [0.1, 0.15) is 16.1 Å². The van der Waals surface area contributed by atoms with Crippen LogP contribution in [0.2, 0.25) is 0 Å². The quantitative estimate of drug-likeness (QED) is 0.852. The van der Waals surface area contributed by atoms with Gasteiger partial charge in [0.1, 0.15) is 0 Å². The van der Waals surface area contributed by atoms with Crippen LogP contribution in [0.3, 0.4) is 0 Å². The van der Waals surface area contributed by atoms with E-state index in [9.17, 15) is 9.90 Å². The van der Waals surface area contributed by atoms with E-state index in [-0.39, 0.29) is 5.56 Å². The summed E-state index contributed by atoms with van der Waals surface area (Å²) in [5.74, 6) is -1.20. The Labute approximate surface area is 107 Å². The molecule has 0 saturated carbocycles. The zero-order valence-electron chi connectivity index (χ0n) is 9.11. The van der Waals surface area contributed by atoms with Gasteiger partial charge in [0.25, 0.3) is 0 Å². The van der Waals surface area contributed by atoms with E-state index in [0.29, 0.717) is 5.69 Å². The van der Waals surface area contributed by atoms with Crippen molar-refractivity contribution in [1.29, 1.82) is 0 Å². The summed E-state index contributed by atoms with van der Waals surface area (Å²) >= 11 is 3.36. The summed E-state index contributed by atoms with van der Waals surface area (Å²) in [4.78, 5) is 15.0. The monoisotopic (exact) mass is 290 g/mol. The van der Waals surface area contributed by atoms with Crippen LogP contribution >= 0.6 is 15.9 Å². The van der Waals surface area contributed by atoms with Gasteiger partial charge < -0.3 is 9.90 Å². The second-order valence-electron chi connectivity index (χ2n) is 3.62. The van der Waals surface area contributed by atoms with E-state index < -0.39 is 5.97 Å². The third kappa shape index (κ3) is 2.53. The number of rotatable bonds is 2. The Morgan fingerprint density at radius 3 is 2.35 bits per heavy atom. The van der Waals surface area contributed by atoms with Gasteiger partial charge in [-0.1, -0.05) is 28.1 Å². The van der Waals surface area contributed by atoms with Crippen LogP contribution in [0.15, 0.2) is 40.9 Å². The van der Waals surface area contributed by atoms with Gasteiger partial charge in [-0.2, -0.15) is 0 Å². The molecule has 0 aliphatic rings. The normalized spacial score (nSPS) is 10.2. The fourth-order valence-corrected chi connectivity index (χ4v) is 1.82. The molecule has 17 heavy (non-hydrogen) atoms. The predicted octanol–water partition coefficient (Wildman–Crippen LogP) is 2.18. The van der Waals surface area contributed by atoms with Crippen LogP contribution in [-0.4, -0.2) is 11.0 Å². The lowest BCUT2D eigenvalue weighted by atomic mass is 10.1. The summed E-state index contributed by atoms with van der Waals surface area (Å²) in [6.45, 7) is 1.66. The molecule has 1 aromatic heterocycles. The minimum atomic E-state index is -1.20. The number of carboxylic acid groups (broad SMARTS) is 1. The van der Waals surface area contributed by atoms with E-state index >= 15 is 0 Å². The van der Waals surface area contributed by atoms with Crippen molar-refractivity contribution < 1.29 is 9.90 Å². The Balaban J connectivity index is 2.44. The number of carbonyl (C=O) groups excluding carboxylic acids is 1. The van der Waals surface area contributed by atoms with Gasteiger partial charge in [0.05, 0.1) is 11.7 Å². The summed E-state index contributed by atoms with van der Waals surface area (Å²) in [5, 5.41) is 10.8. The first-order valence-corrected chi connectivity index (χ1v) is 5.82. The fraction of sp³-hybridized carbons (Fsp3) is 0.0769. The van der Waals surface area contributed by atoms with Crippen molar-refractivity contribution in [2.75, 3.05) is 0 Å². The lowest BCUT2D eigenvalue weighted by Gasteiger charge is -2.08. The van der Waals surface area contributed by atoms with Crippen LogP contribution in [0, 0.1) is 6.92 Å². The molecule has 3 nitrogen and oxygen atoms in total. The van der Waals surface area contributed by atoms with Crippen LogP contribution < -0.4 is 5.11 Å². The van der Waals surface area contributed by atoms with E-state index in [0.717, 1.165) is 15.7 Å². The number of nitrogens with zero attached hydrogens (tertiary/aromatic N) is 1. The maximum absolute atomic E-state index is 10.8. The smallest absolute Gasteiger partial charge is 0.0733 e. The van der Waals surface area contributed by atoms with Crippen LogP contribution in [0.4, 0.5) is 0 Å². The Hall–Kier alpha value is -1.68. The summed E-state index contributed by atoms with van der Waals surface area (Å²) in [5.41, 5.74) is 2.29. The molecule has 0 N–H and O–H groups in total. The van der Waals surface area contributed by atoms with Crippen molar-refractivity contribution in [3.63, 3.8) is 0 Å². The van der Waals surface area contributed by atoms with Crippen molar-refractivity contribution in [3.05, 3.63) is 52.1 Å². The van der Waals surface area contributed by atoms with Gasteiger partial charge in [0.2, 0.25) is 0 Å². The molecule has 86 valence electrons. The molecule has 1 aromatic carbocycles. The molecule has 1 heterocycles. The van der Waals surface area contributed by atoms with Gasteiger partial charge in [-0.05, 0) is 31.2 Å². The van der Waals surface area contributed by atoms with Gasteiger partial charge in [-0.25, -0.2) is 0 Å². The minimum absolute atomic E-state index is 0.130. The number of aryl methyl sites for hydroxylation is 1. The Morgan fingerprint density at radius 1 is 1.18 bits per heavy atom. The van der Waals surface area contributed by atoms with Crippen molar-refractivity contribution in [1.82, 2.24) is 4.98 Å². The molecule has 0 aliphatic carbocycles. The van der Waals surface area contributed by atoms with Crippen LogP contribution in [0.5, 0.6) is 0 Å². The second kappa shape index (κ2) is 4.67. The number of aromatic nitrogens is 1. The first-order valence-electron chi connectivity index (χ1n) is 5.03. The molecule has 2 rings (SSSR count). The predicted molar refractivity (Wildman–Crippen MR) is 66.4 cm³/mol. The number of carboxylic acids is 1. The lowest BCUT2D eigenvalue weighted by molar-refractivity contribution is -0.255. The molecule has 0 radical (unpaired) electrons. The second-order valence-corrected chi connectivity index (χ2v) is 4.54. The van der Waals surface area contributed by atoms with Gasteiger partial charge in [0, 0.05) is 21.3 Å². The topological polar surface area (TPSA) is 53.0 Å². The number of pyridine rings is 1. The summed E-state index contributed by atoms with van der Waals surface area (Å²) in [6, 6.07) is 10.9. The molecule has 0 amide bonds. The van der Waals surface area contributed by atoms with Gasteiger partial charge in [-0.15, -0.1) is 0 Å². The number of carbonyl (C=O) groups is 1. The van der Waals surface area contributed by atoms with E-state index in [2.05, 4.69) is 20.9 Å². The lowest BCUT2D eigenvalue weighted by Crippen LogP contribution is -2.23. The van der Waals surface area contributed by atoms with Crippen molar-refractivity contribution in [2.24, 2.45) is 0 Å². The highest BCUT2D eigenvalue weighted by atomic mass is 79.9. The number of halogens is 1. The molecule has 0 aliphatic heterocycles. The molecule has 0 spiro atoms. The Kier molecular flexibility index (Phi) is 3.24. The maximum atomic E-state index is 10.8. The van der Waals surface area contributed by atoms with Crippen LogP contribution in [-0.2, 0) is 0 Å². The van der Waals surface area contributed by atoms with Gasteiger partial charge in [0.15, 0.2) is 0 Å². The summed E-state index contributed by atoms with van der Waals surface area (Å²) in [6.07, 6.45) is 0. The molecule has 0 saturated heterocycles. The van der Waals surface area contributed by atoms with Crippen molar-refractivity contribution in [3.8, 4) is 11.3 Å². The highest BCUT2D eigenvalue weighted by Crippen LogP contribution is 2.21. The molecule has 0 unspecified atom stereocenters. The summed E-state index contributed by atoms with van der Waals surface area (Å²) < 4.78 is 0.990. The molecule has 0 fully saturated rings. The van der Waals surface area contributed by atoms with Gasteiger partial charge >= 0.3 is 0 Å². The van der Waals surface area contributed by atoms with E-state index in [1.165, 1.54) is 6.07 Å². The van der Waals surface area contributed by atoms with Crippen LogP contribution in [0.25, 0.3) is 11.3 Å². The first-order chi connectivity index (χ1) is 8.08. The number of hydrogen-bond donors (Lipinski definition) is 0. The highest BCUT2D eigenvalue weighted by Gasteiger charge is 2.04. The van der Waals surface area contributed by atoms with Crippen molar-refractivity contribution >= 4 is 21.9 Å². The average Bonchev–Trinajstić information content (AvgIpc) is 2.29. The third-order valence-corrected chi connectivity index (χ3v) is 2.97. The first kappa shape index (κ1) is 11.8. The number of hydrogen-bond acceptors (Lipinski definition) is 3.